The molecule has 3 aromatic rings. The first-order chi connectivity index (χ1) is 15.4. The average molecular weight is 433 g/mol. The van der Waals surface area contributed by atoms with Gasteiger partial charge in [0.15, 0.2) is 0 Å². The minimum absolute atomic E-state index is 0.0793. The predicted molar refractivity (Wildman–Crippen MR) is 129 cm³/mol. The third-order valence-electron chi connectivity index (χ3n) is 6.28. The Kier molecular flexibility index (Phi) is 6.61. The number of piperidine rings is 1. The number of carbonyl (C=O) groups is 2. The monoisotopic (exact) mass is 432 g/mol. The number of anilines is 1. The van der Waals surface area contributed by atoms with Crippen molar-refractivity contribution in [1.29, 1.82) is 0 Å². The molecular weight excluding hydrogens is 400 g/mol. The van der Waals surface area contributed by atoms with Crippen LogP contribution in [0.2, 0.25) is 0 Å². The number of amides is 2. The molecule has 1 saturated heterocycles. The van der Waals surface area contributed by atoms with Gasteiger partial charge in [-0.2, -0.15) is 0 Å². The van der Waals surface area contributed by atoms with Crippen LogP contribution >= 0.6 is 0 Å². The number of para-hydroxylation sites is 1. The zero-order valence-corrected chi connectivity index (χ0v) is 19.1. The molecule has 4 rings (SSSR count). The van der Waals surface area contributed by atoms with Crippen molar-refractivity contribution in [2.75, 3.05) is 18.4 Å². The molecule has 2 aromatic carbocycles. The lowest BCUT2D eigenvalue weighted by atomic mass is 10.0. The Labute approximate surface area is 189 Å². The number of aryl methyl sites for hydroxylation is 1. The molecular formula is C26H32N4O2. The Balaban J connectivity index is 1.50. The van der Waals surface area contributed by atoms with Crippen LogP contribution in [0.15, 0.2) is 54.6 Å². The molecule has 1 fully saturated rings. The third kappa shape index (κ3) is 5.02. The highest BCUT2D eigenvalue weighted by Crippen LogP contribution is 2.21. The molecule has 32 heavy (non-hydrogen) atoms. The number of nitrogens with zero attached hydrogens (tertiary/aromatic N) is 2. The Hall–Kier alpha value is -3.12. The lowest BCUT2D eigenvalue weighted by Gasteiger charge is -2.34. The molecule has 0 bridgehead atoms. The van der Waals surface area contributed by atoms with Crippen molar-refractivity contribution in [1.82, 2.24) is 14.8 Å². The highest BCUT2D eigenvalue weighted by molar-refractivity contribution is 6.00. The fourth-order valence-corrected chi connectivity index (χ4v) is 4.37. The van der Waals surface area contributed by atoms with Gasteiger partial charge in [0.2, 0.25) is 5.91 Å². The number of benzene rings is 2. The van der Waals surface area contributed by atoms with Gasteiger partial charge in [0.05, 0.1) is 0 Å². The van der Waals surface area contributed by atoms with E-state index in [0.29, 0.717) is 11.7 Å². The fourth-order valence-electron chi connectivity index (χ4n) is 4.37. The number of nitrogens with one attached hydrogen (secondary N) is 2. The Bertz CT molecular complexity index is 1090. The van der Waals surface area contributed by atoms with Crippen molar-refractivity contribution in [2.24, 2.45) is 0 Å². The van der Waals surface area contributed by atoms with Crippen molar-refractivity contribution in [3.8, 4) is 0 Å². The minimum Gasteiger partial charge on any atom is -0.348 e. The van der Waals surface area contributed by atoms with E-state index in [1.807, 2.05) is 66.1 Å². The number of rotatable bonds is 6. The van der Waals surface area contributed by atoms with Gasteiger partial charge in [-0.3, -0.25) is 9.59 Å². The average Bonchev–Trinajstić information content (AvgIpc) is 3.14. The van der Waals surface area contributed by atoms with E-state index in [0.717, 1.165) is 48.1 Å². The van der Waals surface area contributed by atoms with Crippen LogP contribution in [0.25, 0.3) is 10.9 Å². The Morgan fingerprint density at radius 3 is 2.41 bits per heavy atom. The fraction of sp³-hybridized carbons (Fsp3) is 0.385. The summed E-state index contributed by atoms with van der Waals surface area (Å²) in [6.45, 7) is 8.48. The van der Waals surface area contributed by atoms with Crippen LogP contribution in [0.1, 0.15) is 42.7 Å². The molecule has 6 heteroatoms. The number of hydrogen-bond acceptors (Lipinski definition) is 3. The van der Waals surface area contributed by atoms with E-state index in [-0.39, 0.29) is 24.4 Å². The summed E-state index contributed by atoms with van der Waals surface area (Å²) in [7, 11) is 0. The molecule has 0 unspecified atom stereocenters. The van der Waals surface area contributed by atoms with E-state index >= 15 is 0 Å². The highest BCUT2D eigenvalue weighted by atomic mass is 16.2. The molecule has 2 amide bonds. The van der Waals surface area contributed by atoms with Crippen molar-refractivity contribution in [3.05, 3.63) is 65.9 Å². The number of aromatic nitrogens is 1. The first-order valence-corrected chi connectivity index (χ1v) is 11.4. The summed E-state index contributed by atoms with van der Waals surface area (Å²) < 4.78 is 1.82. The van der Waals surface area contributed by atoms with Gasteiger partial charge in [-0.15, -0.1) is 0 Å². The molecule has 0 radical (unpaired) electrons. The van der Waals surface area contributed by atoms with E-state index in [4.69, 9.17) is 0 Å². The quantitative estimate of drug-likeness (QED) is 0.614. The van der Waals surface area contributed by atoms with Gasteiger partial charge >= 0.3 is 0 Å². The van der Waals surface area contributed by atoms with Crippen molar-refractivity contribution < 1.29 is 9.59 Å². The standard InChI is InChI=1S/C26H32N4O2/c1-18(2)29-14-12-22(13-15-29)28-26(32)24-16-20-6-4-5-7-23(20)30(24)17-25(31)27-21-10-8-19(3)9-11-21/h4-11,16,18,22H,12-15,17H2,1-3H3,(H,27,31)(H,28,32). The molecule has 0 saturated carbocycles. The molecule has 0 atom stereocenters. The predicted octanol–water partition coefficient (Wildman–Crippen LogP) is 4.19. The van der Waals surface area contributed by atoms with Gasteiger partial charge in [-0.25, -0.2) is 0 Å². The summed E-state index contributed by atoms with van der Waals surface area (Å²) >= 11 is 0. The van der Waals surface area contributed by atoms with Crippen LogP contribution in [0.5, 0.6) is 0 Å². The van der Waals surface area contributed by atoms with Crippen LogP contribution in [0.4, 0.5) is 5.69 Å². The SMILES string of the molecule is Cc1ccc(NC(=O)Cn2c(C(=O)NC3CCN(C(C)C)CC3)cc3ccccc32)cc1. The minimum atomic E-state index is -0.158. The summed E-state index contributed by atoms with van der Waals surface area (Å²) in [5.74, 6) is -0.276. The summed E-state index contributed by atoms with van der Waals surface area (Å²) in [5.41, 5.74) is 3.29. The molecule has 0 aliphatic carbocycles. The second-order valence-electron chi connectivity index (χ2n) is 8.97. The largest absolute Gasteiger partial charge is 0.348 e. The van der Waals surface area contributed by atoms with Crippen LogP contribution in [0, 0.1) is 6.92 Å². The van der Waals surface area contributed by atoms with Gasteiger partial charge < -0.3 is 20.1 Å². The van der Waals surface area contributed by atoms with Gasteiger partial charge in [0, 0.05) is 41.8 Å². The van der Waals surface area contributed by atoms with Crippen molar-refractivity contribution >= 4 is 28.4 Å². The molecule has 168 valence electrons. The van der Waals surface area contributed by atoms with Crippen molar-refractivity contribution in [3.63, 3.8) is 0 Å². The van der Waals surface area contributed by atoms with Crippen molar-refractivity contribution in [2.45, 2.75) is 52.2 Å². The first kappa shape index (κ1) is 22.1. The van der Waals surface area contributed by atoms with Crippen LogP contribution < -0.4 is 10.6 Å². The van der Waals surface area contributed by atoms with E-state index < -0.39 is 0 Å². The molecule has 6 nitrogen and oxygen atoms in total. The van der Waals surface area contributed by atoms with E-state index in [1.165, 1.54) is 0 Å². The van der Waals surface area contributed by atoms with E-state index in [2.05, 4.69) is 29.4 Å². The molecule has 1 aliphatic rings. The van der Waals surface area contributed by atoms with Crippen LogP contribution in [0.3, 0.4) is 0 Å². The number of hydrogen-bond donors (Lipinski definition) is 2. The van der Waals surface area contributed by atoms with Gasteiger partial charge in [-0.1, -0.05) is 35.9 Å². The topological polar surface area (TPSA) is 66.4 Å². The smallest absolute Gasteiger partial charge is 0.268 e. The van der Waals surface area contributed by atoms with Gasteiger partial charge in [-0.05, 0) is 57.9 Å². The van der Waals surface area contributed by atoms with E-state index in [1.54, 1.807) is 0 Å². The van der Waals surface area contributed by atoms with Gasteiger partial charge in [0.1, 0.15) is 12.2 Å². The molecule has 1 aliphatic heterocycles. The number of fused-ring (bicyclic) bond motifs is 1. The van der Waals surface area contributed by atoms with Crippen LogP contribution in [-0.4, -0.2) is 46.5 Å². The maximum Gasteiger partial charge on any atom is 0.268 e. The summed E-state index contributed by atoms with van der Waals surface area (Å²) in [6.07, 6.45) is 1.89. The summed E-state index contributed by atoms with van der Waals surface area (Å²) in [4.78, 5) is 28.5. The zero-order valence-electron chi connectivity index (χ0n) is 19.1. The zero-order chi connectivity index (χ0) is 22.7. The molecule has 2 heterocycles. The lowest BCUT2D eigenvalue weighted by Crippen LogP contribution is -2.47. The normalized spacial score (nSPS) is 15.2. The van der Waals surface area contributed by atoms with Crippen LogP contribution in [-0.2, 0) is 11.3 Å². The molecule has 1 aromatic heterocycles. The van der Waals surface area contributed by atoms with E-state index in [9.17, 15) is 9.59 Å². The van der Waals surface area contributed by atoms with Gasteiger partial charge in [0.25, 0.3) is 5.91 Å². The number of likely N-dealkylation sites (tertiary alicyclic amines) is 1. The second kappa shape index (κ2) is 9.57. The maximum absolute atomic E-state index is 13.2. The highest BCUT2D eigenvalue weighted by Gasteiger charge is 2.24. The molecule has 0 spiro atoms. The molecule has 2 N–H and O–H groups in total. The Morgan fingerprint density at radius 2 is 1.72 bits per heavy atom. The Morgan fingerprint density at radius 1 is 1.03 bits per heavy atom. The maximum atomic E-state index is 13.2. The first-order valence-electron chi connectivity index (χ1n) is 11.4. The number of carbonyl (C=O) groups excluding carboxylic acids is 2. The second-order valence-corrected chi connectivity index (χ2v) is 8.97. The lowest BCUT2D eigenvalue weighted by molar-refractivity contribution is -0.116. The third-order valence-corrected chi connectivity index (χ3v) is 6.28. The summed E-state index contributed by atoms with van der Waals surface area (Å²) in [5, 5.41) is 7.10. The summed E-state index contributed by atoms with van der Waals surface area (Å²) in [6, 6.07) is 18.1.